The molecule has 10 heavy (non-hydrogen) atoms. The zero-order chi connectivity index (χ0) is 6.97. The van der Waals surface area contributed by atoms with Gasteiger partial charge in [-0.25, -0.2) is 9.98 Å². The quantitative estimate of drug-likeness (QED) is 0.471. The first-order chi connectivity index (χ1) is 4.86. The van der Waals surface area contributed by atoms with E-state index in [9.17, 15) is 0 Å². The molecule has 0 radical (unpaired) electrons. The predicted octanol–water partition coefficient (Wildman–Crippen LogP) is -0.381. The molecule has 0 saturated carbocycles. The normalized spacial score (nSPS) is 13.8. The van der Waals surface area contributed by atoms with Gasteiger partial charge in [-0.15, -0.1) is 0 Å². The topological polar surface area (TPSA) is 37.6 Å². The highest BCUT2D eigenvalue weighted by molar-refractivity contribution is 7.80. The summed E-state index contributed by atoms with van der Waals surface area (Å²) in [7, 11) is 0. The molecule has 2 rings (SSSR count). The summed E-state index contributed by atoms with van der Waals surface area (Å²) in [5.41, 5.74) is 0. The molecule has 48 valence electrons. The van der Waals surface area contributed by atoms with Crippen molar-refractivity contribution >= 4 is 17.3 Å². The number of nitrogens with zero attached hydrogens (tertiary/aromatic N) is 3. The molecule has 0 N–H and O–H groups in total. The van der Waals surface area contributed by atoms with Gasteiger partial charge in [0.1, 0.15) is 5.36 Å². The van der Waals surface area contributed by atoms with E-state index in [1.54, 1.807) is 18.5 Å². The first-order valence-corrected chi connectivity index (χ1v) is 3.18. The van der Waals surface area contributed by atoms with Crippen molar-refractivity contribution in [3.05, 3.63) is 29.2 Å². The minimum Gasteiger partial charge on any atom is -0.262 e. The predicted molar refractivity (Wildman–Crippen MR) is 39.1 cm³/mol. The second kappa shape index (κ2) is 1.91. The second-order valence-corrected chi connectivity index (χ2v) is 2.24. The van der Waals surface area contributed by atoms with Crippen molar-refractivity contribution in [2.75, 3.05) is 0 Å². The van der Waals surface area contributed by atoms with E-state index in [-0.39, 0.29) is 0 Å². The lowest BCUT2D eigenvalue weighted by Crippen LogP contribution is -2.20. The smallest absolute Gasteiger partial charge is 0.220 e. The Labute approximate surface area is 62.2 Å². The Morgan fingerprint density at radius 2 is 2.00 bits per heavy atom. The molecule has 1 aliphatic rings. The highest BCUT2D eigenvalue weighted by atomic mass is 32.1. The van der Waals surface area contributed by atoms with Gasteiger partial charge in [-0.2, -0.15) is 0 Å². The molecule has 0 bridgehead atoms. The van der Waals surface area contributed by atoms with Crippen molar-refractivity contribution in [3.8, 4) is 0 Å². The maximum absolute atomic E-state index is 4.76. The molecule has 0 spiro atoms. The molecular weight excluding hydrogens is 146 g/mol. The van der Waals surface area contributed by atoms with Gasteiger partial charge in [0.25, 0.3) is 0 Å². The number of hydrogen-bond donors (Lipinski definition) is 0. The molecule has 4 heteroatoms. The Morgan fingerprint density at radius 1 is 1.20 bits per heavy atom. The van der Waals surface area contributed by atoms with Crippen LogP contribution in [0, 0.1) is 0 Å². The molecular formula is C6H3N3S. The van der Waals surface area contributed by atoms with Crippen LogP contribution in [0.15, 0.2) is 28.4 Å². The van der Waals surface area contributed by atoms with E-state index < -0.39 is 0 Å². The molecule has 0 atom stereocenters. The first kappa shape index (κ1) is 5.61. The Balaban J connectivity index is 2.96. The molecule has 0 unspecified atom stereocenters. The van der Waals surface area contributed by atoms with Crippen LogP contribution in [0.5, 0.6) is 0 Å². The van der Waals surface area contributed by atoms with Crippen LogP contribution >= 0.6 is 12.2 Å². The maximum atomic E-state index is 4.76. The minimum absolute atomic E-state index is 0.392. The van der Waals surface area contributed by atoms with E-state index in [0.29, 0.717) is 5.11 Å². The van der Waals surface area contributed by atoms with E-state index in [1.165, 1.54) is 0 Å². The van der Waals surface area contributed by atoms with Crippen LogP contribution < -0.4 is 10.7 Å². The second-order valence-electron chi connectivity index (χ2n) is 1.87. The Hall–Kier alpha value is -1.16. The summed E-state index contributed by atoms with van der Waals surface area (Å²) in [6.45, 7) is 0. The van der Waals surface area contributed by atoms with E-state index >= 15 is 0 Å². The molecule has 1 aliphatic heterocycles. The number of fused-ring (bicyclic) bond motifs is 1. The highest BCUT2D eigenvalue weighted by Gasteiger charge is 1.98. The fourth-order valence-corrected chi connectivity index (χ4v) is 0.987. The largest absolute Gasteiger partial charge is 0.262 e. The average molecular weight is 149 g/mol. The van der Waals surface area contributed by atoms with Crippen LogP contribution in [-0.4, -0.2) is 10.1 Å². The van der Waals surface area contributed by atoms with Gasteiger partial charge in [-0.05, 0) is 18.3 Å². The monoisotopic (exact) mass is 149 g/mol. The molecule has 1 aromatic heterocycles. The van der Waals surface area contributed by atoms with Gasteiger partial charge < -0.3 is 0 Å². The molecule has 0 amide bonds. The van der Waals surface area contributed by atoms with E-state index in [2.05, 4.69) is 15.0 Å². The van der Waals surface area contributed by atoms with Crippen molar-refractivity contribution < 1.29 is 0 Å². The summed E-state index contributed by atoms with van der Waals surface area (Å²) in [5.74, 6) is 0. The van der Waals surface area contributed by atoms with E-state index in [1.807, 2.05) is 0 Å². The molecule has 0 saturated heterocycles. The third kappa shape index (κ3) is 0.733. The Morgan fingerprint density at radius 3 is 2.80 bits per heavy atom. The van der Waals surface area contributed by atoms with Crippen LogP contribution in [0.4, 0.5) is 0 Å². The van der Waals surface area contributed by atoms with Crippen LogP contribution in [0.2, 0.25) is 0 Å². The number of hydrogen-bond acceptors (Lipinski definition) is 2. The van der Waals surface area contributed by atoms with Crippen molar-refractivity contribution in [2.24, 2.45) is 9.98 Å². The minimum atomic E-state index is 0.392. The molecule has 0 fully saturated rings. The number of thiocarbonyl (C=S) groups is 1. The lowest BCUT2D eigenvalue weighted by molar-refractivity contribution is 1.22. The van der Waals surface area contributed by atoms with Crippen molar-refractivity contribution in [1.29, 1.82) is 0 Å². The lowest BCUT2D eigenvalue weighted by atomic mass is 10.4. The van der Waals surface area contributed by atoms with E-state index in [0.717, 1.165) is 10.7 Å². The van der Waals surface area contributed by atoms with Crippen molar-refractivity contribution in [3.63, 3.8) is 0 Å². The van der Waals surface area contributed by atoms with Gasteiger partial charge >= 0.3 is 0 Å². The first-order valence-electron chi connectivity index (χ1n) is 2.78. The SMILES string of the molecule is S=C1N=c2ccncc2=N1. The van der Waals surface area contributed by atoms with Crippen molar-refractivity contribution in [1.82, 2.24) is 4.98 Å². The fourth-order valence-electron chi connectivity index (χ4n) is 0.791. The Kier molecular flexibility index (Phi) is 1.07. The summed E-state index contributed by atoms with van der Waals surface area (Å²) in [6, 6.07) is 1.79. The molecule has 0 aromatic carbocycles. The van der Waals surface area contributed by atoms with Gasteiger partial charge in [-0.3, -0.25) is 4.98 Å². The number of pyridine rings is 1. The molecule has 2 heterocycles. The summed E-state index contributed by atoms with van der Waals surface area (Å²) in [4.78, 5) is 11.8. The van der Waals surface area contributed by atoms with Gasteiger partial charge in [0.05, 0.1) is 11.6 Å². The Bertz CT molecular complexity index is 359. The summed E-state index contributed by atoms with van der Waals surface area (Å²) < 4.78 is 0. The van der Waals surface area contributed by atoms with Crippen LogP contribution in [0.1, 0.15) is 0 Å². The van der Waals surface area contributed by atoms with Crippen molar-refractivity contribution in [2.45, 2.75) is 0 Å². The standard InChI is InChI=1S/C6H3N3S/c10-6-8-4-1-2-7-3-5(4)9-6/h1-3H. The van der Waals surface area contributed by atoms with Crippen LogP contribution in [0.3, 0.4) is 0 Å². The third-order valence-electron chi connectivity index (χ3n) is 1.21. The maximum Gasteiger partial charge on any atom is 0.220 e. The fraction of sp³-hybridized carbons (Fsp3) is 0. The number of aromatic nitrogens is 1. The van der Waals surface area contributed by atoms with Crippen LogP contribution in [0.25, 0.3) is 0 Å². The van der Waals surface area contributed by atoms with Gasteiger partial charge in [0, 0.05) is 6.20 Å². The summed E-state index contributed by atoms with van der Waals surface area (Å²) >= 11 is 4.76. The zero-order valence-corrected chi connectivity index (χ0v) is 5.80. The highest BCUT2D eigenvalue weighted by Crippen LogP contribution is 1.82. The van der Waals surface area contributed by atoms with Gasteiger partial charge in [0.15, 0.2) is 0 Å². The molecule has 3 nitrogen and oxygen atoms in total. The van der Waals surface area contributed by atoms with Gasteiger partial charge in [-0.1, -0.05) is 0 Å². The molecule has 1 aromatic rings. The lowest BCUT2D eigenvalue weighted by Gasteiger charge is -1.75. The number of rotatable bonds is 0. The zero-order valence-electron chi connectivity index (χ0n) is 4.98. The van der Waals surface area contributed by atoms with E-state index in [4.69, 9.17) is 12.2 Å². The summed E-state index contributed by atoms with van der Waals surface area (Å²) in [6.07, 6.45) is 3.32. The molecule has 0 aliphatic carbocycles. The van der Waals surface area contributed by atoms with Gasteiger partial charge in [0.2, 0.25) is 5.11 Å². The van der Waals surface area contributed by atoms with Crippen LogP contribution in [-0.2, 0) is 0 Å². The summed E-state index contributed by atoms with van der Waals surface area (Å²) in [5, 5.41) is 1.98. The third-order valence-corrected chi connectivity index (χ3v) is 1.39. The average Bonchev–Trinajstić information content (AvgIpc) is 2.27.